The van der Waals surface area contributed by atoms with Gasteiger partial charge in [-0.15, -0.1) is 0 Å². The van der Waals surface area contributed by atoms with Crippen LogP contribution < -0.4 is 10.2 Å². The normalized spacial score (nSPS) is 15.0. The summed E-state index contributed by atoms with van der Waals surface area (Å²) in [5.74, 6) is 0.727. The number of fused-ring (bicyclic) bond motifs is 2. The number of rotatable bonds is 5. The molecule has 2 N–H and O–H groups in total. The SMILES string of the molecule is CC(C)N1CCN(c2ccc(Nc3nc(-c4ccc5cn[nH]c5c4)cn4ccnc34)cc2)CC1. The van der Waals surface area contributed by atoms with Gasteiger partial charge >= 0.3 is 0 Å². The summed E-state index contributed by atoms with van der Waals surface area (Å²) in [6.07, 6.45) is 7.57. The predicted octanol–water partition coefficient (Wildman–Crippen LogP) is 4.55. The zero-order chi connectivity index (χ0) is 23.1. The molecule has 3 aromatic heterocycles. The fraction of sp³-hybridized carbons (Fsp3) is 0.269. The van der Waals surface area contributed by atoms with Crippen LogP contribution in [0.25, 0.3) is 27.8 Å². The zero-order valence-electron chi connectivity index (χ0n) is 19.4. The molecule has 4 heterocycles. The van der Waals surface area contributed by atoms with Gasteiger partial charge in [0.1, 0.15) is 0 Å². The second-order valence-electron chi connectivity index (χ2n) is 9.09. The van der Waals surface area contributed by atoms with Crippen LogP contribution in [0.4, 0.5) is 17.2 Å². The van der Waals surface area contributed by atoms with Crippen molar-refractivity contribution in [1.29, 1.82) is 0 Å². The lowest BCUT2D eigenvalue weighted by atomic mass is 10.1. The maximum atomic E-state index is 4.92. The average molecular weight is 453 g/mol. The molecule has 1 fully saturated rings. The Labute approximate surface area is 198 Å². The van der Waals surface area contributed by atoms with E-state index in [2.05, 4.69) is 86.6 Å². The minimum atomic E-state index is 0.609. The summed E-state index contributed by atoms with van der Waals surface area (Å²) in [5, 5.41) is 11.7. The summed E-state index contributed by atoms with van der Waals surface area (Å²) in [4.78, 5) is 14.4. The molecule has 0 aliphatic carbocycles. The number of aromatic nitrogens is 5. The van der Waals surface area contributed by atoms with Gasteiger partial charge in [-0.2, -0.15) is 5.10 Å². The Morgan fingerprint density at radius 1 is 1.00 bits per heavy atom. The van der Waals surface area contributed by atoms with Crippen molar-refractivity contribution in [2.45, 2.75) is 19.9 Å². The first kappa shape index (κ1) is 20.7. The summed E-state index contributed by atoms with van der Waals surface area (Å²) in [6.45, 7) is 8.87. The molecule has 1 saturated heterocycles. The number of piperazine rings is 1. The quantitative estimate of drug-likeness (QED) is 0.408. The molecular weight excluding hydrogens is 424 g/mol. The summed E-state index contributed by atoms with van der Waals surface area (Å²) >= 11 is 0. The third-order valence-electron chi connectivity index (χ3n) is 6.65. The van der Waals surface area contributed by atoms with E-state index < -0.39 is 0 Å². The van der Waals surface area contributed by atoms with Crippen LogP contribution in [-0.2, 0) is 0 Å². The summed E-state index contributed by atoms with van der Waals surface area (Å²) < 4.78 is 2.00. The van der Waals surface area contributed by atoms with Gasteiger partial charge in [0.05, 0.1) is 17.4 Å². The predicted molar refractivity (Wildman–Crippen MR) is 137 cm³/mol. The largest absolute Gasteiger partial charge is 0.369 e. The smallest absolute Gasteiger partial charge is 0.180 e. The van der Waals surface area contributed by atoms with Gasteiger partial charge in [-0.1, -0.05) is 12.1 Å². The Hall–Kier alpha value is -3.91. The molecule has 8 nitrogen and oxygen atoms in total. The number of benzene rings is 2. The first-order valence-corrected chi connectivity index (χ1v) is 11.8. The van der Waals surface area contributed by atoms with E-state index in [1.165, 1.54) is 5.69 Å². The van der Waals surface area contributed by atoms with Crippen LogP contribution in [0.1, 0.15) is 13.8 Å². The van der Waals surface area contributed by atoms with Gasteiger partial charge in [-0.3, -0.25) is 10.00 Å². The molecule has 0 amide bonds. The van der Waals surface area contributed by atoms with E-state index in [1.54, 1.807) is 6.20 Å². The third-order valence-corrected chi connectivity index (χ3v) is 6.65. The van der Waals surface area contributed by atoms with Crippen molar-refractivity contribution >= 4 is 33.7 Å². The first-order chi connectivity index (χ1) is 16.6. The van der Waals surface area contributed by atoms with Crippen molar-refractivity contribution in [2.75, 3.05) is 36.4 Å². The van der Waals surface area contributed by atoms with E-state index in [1.807, 2.05) is 23.0 Å². The molecule has 2 aromatic carbocycles. The number of H-pyrrole nitrogens is 1. The number of anilines is 3. The van der Waals surface area contributed by atoms with Crippen molar-refractivity contribution in [3.8, 4) is 11.3 Å². The zero-order valence-corrected chi connectivity index (χ0v) is 19.4. The fourth-order valence-electron chi connectivity index (χ4n) is 4.64. The Kier molecular flexibility index (Phi) is 5.15. The second kappa shape index (κ2) is 8.46. The number of aromatic amines is 1. The number of nitrogens with zero attached hydrogens (tertiary/aromatic N) is 6. The van der Waals surface area contributed by atoms with Crippen molar-refractivity contribution in [2.24, 2.45) is 0 Å². The first-order valence-electron chi connectivity index (χ1n) is 11.8. The molecular formula is C26H28N8. The lowest BCUT2D eigenvalue weighted by Crippen LogP contribution is -2.48. The number of nitrogens with one attached hydrogen (secondary N) is 2. The van der Waals surface area contributed by atoms with Gasteiger partial charge in [-0.25, -0.2) is 9.97 Å². The highest BCUT2D eigenvalue weighted by Gasteiger charge is 2.19. The molecule has 6 rings (SSSR count). The van der Waals surface area contributed by atoms with Crippen molar-refractivity contribution in [1.82, 2.24) is 29.5 Å². The Balaban J connectivity index is 1.25. The van der Waals surface area contributed by atoms with Crippen LogP contribution in [0.5, 0.6) is 0 Å². The van der Waals surface area contributed by atoms with Crippen LogP contribution in [0.3, 0.4) is 0 Å². The minimum absolute atomic E-state index is 0.609. The maximum Gasteiger partial charge on any atom is 0.180 e. The van der Waals surface area contributed by atoms with Gasteiger partial charge in [0.25, 0.3) is 0 Å². The minimum Gasteiger partial charge on any atom is -0.369 e. The molecule has 0 atom stereocenters. The van der Waals surface area contributed by atoms with Crippen LogP contribution in [-0.4, -0.2) is 61.7 Å². The van der Waals surface area contributed by atoms with E-state index in [0.29, 0.717) is 6.04 Å². The molecule has 5 aromatic rings. The highest BCUT2D eigenvalue weighted by Crippen LogP contribution is 2.27. The van der Waals surface area contributed by atoms with E-state index >= 15 is 0 Å². The molecule has 34 heavy (non-hydrogen) atoms. The molecule has 0 bridgehead atoms. The monoisotopic (exact) mass is 452 g/mol. The fourth-order valence-corrected chi connectivity index (χ4v) is 4.64. The van der Waals surface area contributed by atoms with Gasteiger partial charge in [0.15, 0.2) is 11.5 Å². The van der Waals surface area contributed by atoms with Crippen LogP contribution in [0, 0.1) is 0 Å². The van der Waals surface area contributed by atoms with Gasteiger partial charge < -0.3 is 14.6 Å². The molecule has 0 radical (unpaired) electrons. The molecule has 8 heteroatoms. The molecule has 0 spiro atoms. The average Bonchev–Trinajstić information content (AvgIpc) is 3.53. The third kappa shape index (κ3) is 3.86. The number of imidazole rings is 1. The van der Waals surface area contributed by atoms with Gasteiger partial charge in [0, 0.05) is 73.1 Å². The highest BCUT2D eigenvalue weighted by atomic mass is 15.3. The standard InChI is InChI=1S/C26H28N8/c1-18(2)32-11-13-33(14-12-32)22-7-5-21(6-8-22)29-25-26-27-9-10-34(26)17-24(30-25)19-3-4-20-16-28-31-23(20)15-19/h3-10,15-18H,11-14H2,1-2H3,(H,28,31)(H,29,30). The van der Waals surface area contributed by atoms with Crippen molar-refractivity contribution in [3.05, 3.63) is 67.3 Å². The van der Waals surface area contributed by atoms with E-state index in [0.717, 1.165) is 65.5 Å². The van der Waals surface area contributed by atoms with Crippen LogP contribution >= 0.6 is 0 Å². The highest BCUT2D eigenvalue weighted by molar-refractivity contribution is 5.84. The van der Waals surface area contributed by atoms with E-state index in [4.69, 9.17) is 4.98 Å². The lowest BCUT2D eigenvalue weighted by molar-refractivity contribution is 0.209. The van der Waals surface area contributed by atoms with Crippen LogP contribution in [0.2, 0.25) is 0 Å². The molecule has 1 aliphatic rings. The topological polar surface area (TPSA) is 77.4 Å². The Bertz CT molecular complexity index is 1420. The molecule has 0 saturated carbocycles. The summed E-state index contributed by atoms with van der Waals surface area (Å²) in [5.41, 5.74) is 5.91. The van der Waals surface area contributed by atoms with Crippen molar-refractivity contribution < 1.29 is 0 Å². The lowest BCUT2D eigenvalue weighted by Gasteiger charge is -2.38. The Morgan fingerprint density at radius 3 is 2.62 bits per heavy atom. The molecule has 172 valence electrons. The number of hydrogen-bond donors (Lipinski definition) is 2. The van der Waals surface area contributed by atoms with E-state index in [9.17, 15) is 0 Å². The number of hydrogen-bond acceptors (Lipinski definition) is 6. The Morgan fingerprint density at radius 2 is 1.82 bits per heavy atom. The van der Waals surface area contributed by atoms with Gasteiger partial charge in [0.2, 0.25) is 0 Å². The molecule has 1 aliphatic heterocycles. The maximum absolute atomic E-state index is 4.92. The van der Waals surface area contributed by atoms with Gasteiger partial charge in [-0.05, 0) is 44.2 Å². The van der Waals surface area contributed by atoms with Crippen molar-refractivity contribution in [3.63, 3.8) is 0 Å². The summed E-state index contributed by atoms with van der Waals surface area (Å²) in [7, 11) is 0. The molecule has 0 unspecified atom stereocenters. The van der Waals surface area contributed by atoms with E-state index in [-0.39, 0.29) is 0 Å². The van der Waals surface area contributed by atoms with Crippen LogP contribution in [0.15, 0.2) is 67.3 Å². The summed E-state index contributed by atoms with van der Waals surface area (Å²) in [6, 6.07) is 15.4. The second-order valence-corrected chi connectivity index (χ2v) is 9.09.